The normalized spacial score (nSPS) is 19.8. The van der Waals surface area contributed by atoms with Crippen LogP contribution in [0.2, 0.25) is 0 Å². The standard InChI is InChI=1S/C12H18N2O2/c1-10-2-3-11(8-13-10)14-6-4-12(16,9-15)5-7-14/h2-3,8,15-16H,4-7,9H2,1H3. The smallest absolute Gasteiger partial charge is 0.0911 e. The molecular weight excluding hydrogens is 204 g/mol. The largest absolute Gasteiger partial charge is 0.393 e. The monoisotopic (exact) mass is 222 g/mol. The number of aliphatic hydroxyl groups excluding tert-OH is 1. The minimum absolute atomic E-state index is 0.146. The SMILES string of the molecule is Cc1ccc(N2CCC(O)(CO)CC2)cn1. The maximum Gasteiger partial charge on any atom is 0.0911 e. The van der Waals surface area contributed by atoms with E-state index in [1.165, 1.54) is 0 Å². The summed E-state index contributed by atoms with van der Waals surface area (Å²) in [7, 11) is 0. The van der Waals surface area contributed by atoms with Gasteiger partial charge in [0.2, 0.25) is 0 Å². The van der Waals surface area contributed by atoms with Crippen LogP contribution in [0, 0.1) is 6.92 Å². The molecule has 0 aromatic carbocycles. The summed E-state index contributed by atoms with van der Waals surface area (Å²) in [5.41, 5.74) is 1.22. The third-order valence-electron chi connectivity index (χ3n) is 3.25. The van der Waals surface area contributed by atoms with Crippen LogP contribution >= 0.6 is 0 Å². The van der Waals surface area contributed by atoms with Crippen molar-refractivity contribution >= 4 is 5.69 Å². The summed E-state index contributed by atoms with van der Waals surface area (Å²) in [5, 5.41) is 19.0. The predicted molar refractivity (Wildman–Crippen MR) is 62.5 cm³/mol. The highest BCUT2D eigenvalue weighted by Gasteiger charge is 2.31. The van der Waals surface area contributed by atoms with Crippen molar-refractivity contribution in [2.24, 2.45) is 0 Å². The first-order valence-corrected chi connectivity index (χ1v) is 5.64. The average molecular weight is 222 g/mol. The van der Waals surface area contributed by atoms with Gasteiger partial charge in [0.1, 0.15) is 0 Å². The van der Waals surface area contributed by atoms with E-state index in [0.717, 1.165) is 24.5 Å². The van der Waals surface area contributed by atoms with Gasteiger partial charge in [0.15, 0.2) is 0 Å². The molecule has 4 nitrogen and oxygen atoms in total. The van der Waals surface area contributed by atoms with Crippen LogP contribution in [-0.4, -0.2) is 40.5 Å². The zero-order chi connectivity index (χ0) is 11.6. The van der Waals surface area contributed by atoms with Gasteiger partial charge >= 0.3 is 0 Å². The molecule has 0 bridgehead atoms. The molecular formula is C12H18N2O2. The number of anilines is 1. The topological polar surface area (TPSA) is 56.6 Å². The van der Waals surface area contributed by atoms with E-state index >= 15 is 0 Å². The fourth-order valence-electron chi connectivity index (χ4n) is 1.99. The fourth-order valence-corrected chi connectivity index (χ4v) is 1.99. The van der Waals surface area contributed by atoms with E-state index in [2.05, 4.69) is 9.88 Å². The summed E-state index contributed by atoms with van der Waals surface area (Å²) in [6.45, 7) is 3.35. The third-order valence-corrected chi connectivity index (χ3v) is 3.25. The summed E-state index contributed by atoms with van der Waals surface area (Å²) in [6, 6.07) is 4.04. The predicted octanol–water partition coefficient (Wildman–Crippen LogP) is 0.714. The quantitative estimate of drug-likeness (QED) is 0.774. The van der Waals surface area contributed by atoms with Gasteiger partial charge in [-0.25, -0.2) is 0 Å². The van der Waals surface area contributed by atoms with E-state index in [4.69, 9.17) is 5.11 Å². The Labute approximate surface area is 95.5 Å². The molecule has 1 fully saturated rings. The molecule has 1 aliphatic rings. The molecule has 0 spiro atoms. The summed E-state index contributed by atoms with van der Waals surface area (Å²) in [4.78, 5) is 6.45. The van der Waals surface area contributed by atoms with Gasteiger partial charge in [-0.3, -0.25) is 4.98 Å². The Morgan fingerprint density at radius 2 is 2.06 bits per heavy atom. The highest BCUT2D eigenvalue weighted by atomic mass is 16.3. The molecule has 0 saturated carbocycles. The molecule has 1 aromatic rings. The van der Waals surface area contributed by atoms with E-state index < -0.39 is 5.60 Å². The lowest BCUT2D eigenvalue weighted by Crippen LogP contribution is -2.46. The fraction of sp³-hybridized carbons (Fsp3) is 0.583. The molecule has 0 amide bonds. The van der Waals surface area contributed by atoms with Gasteiger partial charge < -0.3 is 15.1 Å². The number of aliphatic hydroxyl groups is 2. The Kier molecular flexibility index (Phi) is 3.12. The van der Waals surface area contributed by atoms with Crippen molar-refractivity contribution in [3.8, 4) is 0 Å². The summed E-state index contributed by atoms with van der Waals surface area (Å²) >= 11 is 0. The lowest BCUT2D eigenvalue weighted by atomic mass is 9.92. The van der Waals surface area contributed by atoms with Crippen LogP contribution < -0.4 is 4.90 Å². The summed E-state index contributed by atoms with van der Waals surface area (Å²) in [6.07, 6.45) is 3.08. The Morgan fingerprint density at radius 3 is 2.56 bits per heavy atom. The summed E-state index contributed by atoms with van der Waals surface area (Å²) < 4.78 is 0. The zero-order valence-corrected chi connectivity index (χ0v) is 9.56. The number of piperidine rings is 1. The summed E-state index contributed by atoms with van der Waals surface area (Å²) in [5.74, 6) is 0. The van der Waals surface area contributed by atoms with E-state index in [1.807, 2.05) is 25.3 Å². The molecule has 1 saturated heterocycles. The molecule has 0 atom stereocenters. The molecule has 0 unspecified atom stereocenters. The highest BCUT2D eigenvalue weighted by molar-refractivity contribution is 5.45. The molecule has 2 rings (SSSR count). The van der Waals surface area contributed by atoms with Crippen molar-refractivity contribution in [3.63, 3.8) is 0 Å². The van der Waals surface area contributed by atoms with Gasteiger partial charge in [-0.05, 0) is 31.9 Å². The maximum absolute atomic E-state index is 9.90. The van der Waals surface area contributed by atoms with Crippen molar-refractivity contribution < 1.29 is 10.2 Å². The first kappa shape index (κ1) is 11.4. The van der Waals surface area contributed by atoms with Crippen molar-refractivity contribution in [1.29, 1.82) is 0 Å². The molecule has 1 aliphatic heterocycles. The van der Waals surface area contributed by atoms with E-state index in [9.17, 15) is 5.11 Å². The second-order valence-corrected chi connectivity index (χ2v) is 4.53. The van der Waals surface area contributed by atoms with Crippen LogP contribution in [0.5, 0.6) is 0 Å². The second kappa shape index (κ2) is 4.39. The van der Waals surface area contributed by atoms with Crippen LogP contribution in [-0.2, 0) is 0 Å². The van der Waals surface area contributed by atoms with Crippen LogP contribution in [0.15, 0.2) is 18.3 Å². The molecule has 88 valence electrons. The number of pyridine rings is 1. The van der Waals surface area contributed by atoms with Gasteiger partial charge in [0, 0.05) is 18.8 Å². The lowest BCUT2D eigenvalue weighted by molar-refractivity contribution is -0.0325. The van der Waals surface area contributed by atoms with E-state index in [1.54, 1.807) is 0 Å². The number of rotatable bonds is 2. The van der Waals surface area contributed by atoms with Crippen LogP contribution in [0.25, 0.3) is 0 Å². The van der Waals surface area contributed by atoms with Gasteiger partial charge in [-0.1, -0.05) is 0 Å². The molecule has 16 heavy (non-hydrogen) atoms. The number of nitrogens with zero attached hydrogens (tertiary/aromatic N) is 2. The number of hydrogen-bond acceptors (Lipinski definition) is 4. The van der Waals surface area contributed by atoms with Crippen LogP contribution in [0.3, 0.4) is 0 Å². The molecule has 2 N–H and O–H groups in total. The van der Waals surface area contributed by atoms with Crippen LogP contribution in [0.4, 0.5) is 5.69 Å². The Bertz CT molecular complexity index is 343. The Morgan fingerprint density at radius 1 is 1.38 bits per heavy atom. The third kappa shape index (κ3) is 2.33. The minimum Gasteiger partial charge on any atom is -0.393 e. The molecule has 4 heteroatoms. The lowest BCUT2D eigenvalue weighted by Gasteiger charge is -2.38. The van der Waals surface area contributed by atoms with Crippen molar-refractivity contribution in [2.45, 2.75) is 25.4 Å². The second-order valence-electron chi connectivity index (χ2n) is 4.53. The van der Waals surface area contributed by atoms with E-state index in [-0.39, 0.29) is 6.61 Å². The minimum atomic E-state index is -0.880. The number of aryl methyl sites for hydroxylation is 1. The maximum atomic E-state index is 9.90. The Balaban J connectivity index is 2.01. The first-order chi connectivity index (χ1) is 7.63. The number of aromatic nitrogens is 1. The van der Waals surface area contributed by atoms with Gasteiger partial charge in [-0.15, -0.1) is 0 Å². The Hall–Kier alpha value is -1.13. The number of hydrogen-bond donors (Lipinski definition) is 2. The first-order valence-electron chi connectivity index (χ1n) is 5.64. The van der Waals surface area contributed by atoms with Gasteiger partial charge in [0.25, 0.3) is 0 Å². The van der Waals surface area contributed by atoms with Crippen molar-refractivity contribution in [1.82, 2.24) is 4.98 Å². The van der Waals surface area contributed by atoms with Crippen molar-refractivity contribution in [2.75, 3.05) is 24.6 Å². The zero-order valence-electron chi connectivity index (χ0n) is 9.56. The van der Waals surface area contributed by atoms with Gasteiger partial charge in [-0.2, -0.15) is 0 Å². The van der Waals surface area contributed by atoms with Gasteiger partial charge in [0.05, 0.1) is 24.1 Å². The van der Waals surface area contributed by atoms with Crippen LogP contribution in [0.1, 0.15) is 18.5 Å². The highest BCUT2D eigenvalue weighted by Crippen LogP contribution is 2.25. The molecule has 0 radical (unpaired) electrons. The molecule has 0 aliphatic carbocycles. The van der Waals surface area contributed by atoms with Crippen molar-refractivity contribution in [3.05, 3.63) is 24.0 Å². The van der Waals surface area contributed by atoms with E-state index in [0.29, 0.717) is 12.8 Å². The molecule has 2 heterocycles. The molecule has 1 aromatic heterocycles. The average Bonchev–Trinajstić information content (AvgIpc) is 2.32.